The molecule has 6 aromatic carbocycles. The number of hydrogen-bond acceptors (Lipinski definition) is 0. The average molecular weight is 920 g/mol. The summed E-state index contributed by atoms with van der Waals surface area (Å²) < 4.78 is 0. The Hall–Kier alpha value is -3.12. The van der Waals surface area contributed by atoms with Crippen LogP contribution in [0.15, 0.2) is 60.7 Å². The molecule has 0 saturated heterocycles. The van der Waals surface area contributed by atoms with Gasteiger partial charge in [0.1, 0.15) is 0 Å². The van der Waals surface area contributed by atoms with Crippen LogP contribution in [0.1, 0.15) is 281 Å². The molecule has 0 amide bonds. The van der Waals surface area contributed by atoms with Crippen LogP contribution >= 0.6 is 0 Å². The van der Waals surface area contributed by atoms with Crippen molar-refractivity contribution in [3.8, 4) is 0 Å². The van der Waals surface area contributed by atoms with Crippen molar-refractivity contribution in [2.24, 2.45) is 0 Å². The van der Waals surface area contributed by atoms with Crippen LogP contribution in [0.25, 0.3) is 53.9 Å². The number of unbranched alkanes of at least 4 members (excludes halogenated alkanes) is 32. The van der Waals surface area contributed by atoms with Gasteiger partial charge in [0, 0.05) is 0 Å². The molecule has 0 bridgehead atoms. The van der Waals surface area contributed by atoms with E-state index in [0.29, 0.717) is 0 Å². The predicted molar refractivity (Wildman–Crippen MR) is 309 cm³/mol. The average Bonchev–Trinajstić information content (AvgIpc) is 3.36. The van der Waals surface area contributed by atoms with Gasteiger partial charge in [-0.15, -0.1) is 0 Å². The summed E-state index contributed by atoms with van der Waals surface area (Å²) in [5, 5.41) is 15.3. The lowest BCUT2D eigenvalue weighted by Crippen LogP contribution is -1.98. The van der Waals surface area contributed by atoms with E-state index in [4.69, 9.17) is 0 Å². The van der Waals surface area contributed by atoms with E-state index >= 15 is 0 Å². The summed E-state index contributed by atoms with van der Waals surface area (Å²) in [5.41, 5.74) is 6.28. The summed E-state index contributed by atoms with van der Waals surface area (Å²) in [7, 11) is 0. The molecule has 0 saturated carbocycles. The Bertz CT molecular complexity index is 2110. The Labute approximate surface area is 419 Å². The first kappa shape index (κ1) is 54.2. The summed E-state index contributed by atoms with van der Waals surface area (Å²) in [4.78, 5) is 0. The molecule has 0 N–H and O–H groups in total. The Morgan fingerprint density at radius 1 is 0.206 bits per heavy atom. The van der Waals surface area contributed by atoms with Gasteiger partial charge in [-0.3, -0.25) is 0 Å². The summed E-state index contributed by atoms with van der Waals surface area (Å²) in [6.07, 6.45) is 54.7. The first-order valence-electron chi connectivity index (χ1n) is 30.3. The van der Waals surface area contributed by atoms with Crippen LogP contribution in [-0.4, -0.2) is 0 Å². The van der Waals surface area contributed by atoms with Gasteiger partial charge >= 0.3 is 0 Å². The minimum absolute atomic E-state index is 1.19. The molecule has 68 heavy (non-hydrogen) atoms. The molecule has 0 aromatic heterocycles. The van der Waals surface area contributed by atoms with Gasteiger partial charge in [0.05, 0.1) is 0 Å². The fourth-order valence-corrected chi connectivity index (χ4v) is 12.2. The van der Waals surface area contributed by atoms with Crippen molar-refractivity contribution in [3.63, 3.8) is 0 Å². The molecule has 0 radical (unpaired) electrons. The molecule has 0 nitrogen and oxygen atoms in total. The van der Waals surface area contributed by atoms with Crippen molar-refractivity contribution in [3.05, 3.63) is 82.9 Å². The first-order chi connectivity index (χ1) is 33.7. The van der Waals surface area contributed by atoms with E-state index in [9.17, 15) is 0 Å². The van der Waals surface area contributed by atoms with Gasteiger partial charge in [0.2, 0.25) is 0 Å². The van der Waals surface area contributed by atoms with Crippen LogP contribution < -0.4 is 0 Å². The highest BCUT2D eigenvalue weighted by molar-refractivity contribution is 6.40. The topological polar surface area (TPSA) is 0 Å². The van der Waals surface area contributed by atoms with Gasteiger partial charge in [-0.05, 0) is 127 Å². The molecule has 0 aliphatic rings. The maximum absolute atomic E-state index is 2.66. The number of fused-ring (bicyclic) bond motifs is 6. The van der Waals surface area contributed by atoms with Crippen LogP contribution in [0.5, 0.6) is 0 Å². The van der Waals surface area contributed by atoms with Crippen molar-refractivity contribution < 1.29 is 0 Å². The second kappa shape index (κ2) is 32.0. The van der Waals surface area contributed by atoms with Gasteiger partial charge in [-0.2, -0.15) is 0 Å². The van der Waals surface area contributed by atoms with Crippen LogP contribution in [0.4, 0.5) is 0 Å². The standard InChI is InChI=1S/C68H102/c1-5-9-13-17-21-25-29-33-37-41-55-45-49-59-61-51-48-58(44-40-36-32-28-24-20-16-12-8-4)66-64-54-56(42-38-34-30-26-22-18-14-10-6-2)46-50-60(64)62-52-47-57(65(63(59)53-55)67(62)68(61)66)43-39-35-31-27-23-19-15-11-7-3/h45-54H,5-44H2,1-4H3. The molecule has 0 aliphatic heterocycles. The van der Waals surface area contributed by atoms with Gasteiger partial charge in [0.15, 0.2) is 0 Å². The molecule has 0 aliphatic carbocycles. The third kappa shape index (κ3) is 16.5. The lowest BCUT2D eigenvalue weighted by atomic mass is 9.81. The van der Waals surface area contributed by atoms with Gasteiger partial charge in [-0.25, -0.2) is 0 Å². The van der Waals surface area contributed by atoms with E-state index in [1.54, 1.807) is 43.8 Å². The molecule has 0 heteroatoms. The summed E-state index contributed by atoms with van der Waals surface area (Å²) in [6.45, 7) is 9.31. The quantitative estimate of drug-likeness (QED) is 0.0205. The molecule has 0 fully saturated rings. The minimum Gasteiger partial charge on any atom is -0.0654 e. The van der Waals surface area contributed by atoms with Gasteiger partial charge in [0.25, 0.3) is 0 Å². The zero-order chi connectivity index (χ0) is 47.4. The fourth-order valence-electron chi connectivity index (χ4n) is 12.2. The van der Waals surface area contributed by atoms with Crippen LogP contribution in [0.3, 0.4) is 0 Å². The first-order valence-corrected chi connectivity index (χ1v) is 30.3. The normalized spacial score (nSPS) is 12.1. The molecule has 0 heterocycles. The highest BCUT2D eigenvalue weighted by atomic mass is 14.2. The van der Waals surface area contributed by atoms with E-state index in [2.05, 4.69) is 88.4 Å². The highest BCUT2D eigenvalue weighted by Gasteiger charge is 2.21. The Morgan fingerprint density at radius 3 is 0.750 bits per heavy atom. The summed E-state index contributed by atoms with van der Waals surface area (Å²) in [6, 6.07) is 25.8. The molecule has 6 aromatic rings. The molecular weight excluding hydrogens is 817 g/mol. The number of benzene rings is 6. The second-order valence-corrected chi connectivity index (χ2v) is 22.1. The monoisotopic (exact) mass is 919 g/mol. The third-order valence-corrected chi connectivity index (χ3v) is 16.4. The lowest BCUT2D eigenvalue weighted by molar-refractivity contribution is 0.565. The van der Waals surface area contributed by atoms with Crippen LogP contribution in [-0.2, 0) is 25.7 Å². The van der Waals surface area contributed by atoms with E-state index in [-0.39, 0.29) is 0 Å². The zero-order valence-electron chi connectivity index (χ0n) is 45.1. The fraction of sp³-hybridized carbons (Fsp3) is 0.647. The Balaban J connectivity index is 1.33. The molecule has 6 rings (SSSR count). The summed E-state index contributed by atoms with van der Waals surface area (Å²) >= 11 is 0. The van der Waals surface area contributed by atoms with E-state index in [0.717, 1.165) is 0 Å². The van der Waals surface area contributed by atoms with Crippen molar-refractivity contribution in [2.45, 2.75) is 285 Å². The van der Waals surface area contributed by atoms with Gasteiger partial charge in [-0.1, -0.05) is 294 Å². The summed E-state index contributed by atoms with van der Waals surface area (Å²) in [5.74, 6) is 0. The SMILES string of the molecule is CCCCCCCCCCCc1ccc2c(c1)c1c(CCCCCCCCCCC)ccc3c4ccc(CCCCCCCCCCC)cc4c4c(CCCCCCCCCCC)ccc2c4c31. The molecular formula is C68H102. The molecule has 0 atom stereocenters. The Kier molecular flexibility index (Phi) is 25.5. The number of rotatable bonds is 40. The van der Waals surface area contributed by atoms with E-state index < -0.39 is 0 Å². The van der Waals surface area contributed by atoms with Crippen molar-refractivity contribution in [2.75, 3.05) is 0 Å². The van der Waals surface area contributed by atoms with Crippen molar-refractivity contribution in [1.82, 2.24) is 0 Å². The number of hydrogen-bond donors (Lipinski definition) is 0. The molecule has 0 unspecified atom stereocenters. The minimum atomic E-state index is 1.19. The second-order valence-electron chi connectivity index (χ2n) is 22.1. The largest absolute Gasteiger partial charge is 0.0654 e. The maximum Gasteiger partial charge on any atom is -0.00110 e. The van der Waals surface area contributed by atoms with Gasteiger partial charge < -0.3 is 0 Å². The van der Waals surface area contributed by atoms with Crippen LogP contribution in [0, 0.1) is 0 Å². The van der Waals surface area contributed by atoms with E-state index in [1.807, 2.05) is 0 Å². The highest BCUT2D eigenvalue weighted by Crippen LogP contribution is 2.48. The van der Waals surface area contributed by atoms with Crippen LogP contribution in [0.2, 0.25) is 0 Å². The number of aryl methyl sites for hydroxylation is 4. The maximum atomic E-state index is 2.66. The zero-order valence-corrected chi connectivity index (χ0v) is 45.1. The smallest absolute Gasteiger partial charge is 0.00110 e. The predicted octanol–water partition coefficient (Wildman–Crippen LogP) is 23.2. The van der Waals surface area contributed by atoms with E-state index in [1.165, 1.54) is 289 Å². The van der Waals surface area contributed by atoms with Crippen molar-refractivity contribution >= 4 is 53.9 Å². The lowest BCUT2D eigenvalue weighted by Gasteiger charge is -2.22. The Morgan fingerprint density at radius 2 is 0.456 bits per heavy atom. The third-order valence-electron chi connectivity index (χ3n) is 16.4. The molecule has 0 spiro atoms. The molecule has 374 valence electrons. The van der Waals surface area contributed by atoms with Crippen molar-refractivity contribution in [1.29, 1.82) is 0 Å².